The molecule has 0 aliphatic rings. The van der Waals surface area contributed by atoms with Gasteiger partial charge < -0.3 is 14.5 Å². The van der Waals surface area contributed by atoms with Crippen molar-refractivity contribution in [2.24, 2.45) is 0 Å². The molecule has 0 spiro atoms. The number of anilines is 1. The second-order valence-corrected chi connectivity index (χ2v) is 8.43. The smallest absolute Gasteiger partial charge is 0.248 e. The van der Waals surface area contributed by atoms with Crippen LogP contribution >= 0.6 is 11.6 Å². The van der Waals surface area contributed by atoms with Crippen LogP contribution in [0.15, 0.2) is 71.4 Å². The SMILES string of the molecule is CCOc1cc2occ(-c3ccc(C)cc3)c2cc1/C(C)=C/C(=O)Nc1cccc(Cl)c1C. The number of aryl methyl sites for hydroxylation is 1. The molecular weight excluding hydrogens is 434 g/mol. The average Bonchev–Trinajstić information content (AvgIpc) is 3.20. The first-order chi connectivity index (χ1) is 15.9. The molecule has 1 amide bonds. The summed E-state index contributed by atoms with van der Waals surface area (Å²) in [6.45, 7) is 8.28. The van der Waals surface area contributed by atoms with Crippen LogP contribution in [0, 0.1) is 13.8 Å². The van der Waals surface area contributed by atoms with Gasteiger partial charge in [-0.05, 0) is 62.6 Å². The highest BCUT2D eigenvalue weighted by atomic mass is 35.5. The predicted molar refractivity (Wildman–Crippen MR) is 136 cm³/mol. The Balaban J connectivity index is 1.73. The summed E-state index contributed by atoms with van der Waals surface area (Å²) in [6.07, 6.45) is 3.35. The number of hydrogen-bond acceptors (Lipinski definition) is 3. The van der Waals surface area contributed by atoms with Crippen molar-refractivity contribution in [1.82, 2.24) is 0 Å². The van der Waals surface area contributed by atoms with Crippen LogP contribution in [-0.2, 0) is 4.79 Å². The van der Waals surface area contributed by atoms with Gasteiger partial charge in [-0.3, -0.25) is 4.79 Å². The fourth-order valence-corrected chi connectivity index (χ4v) is 3.96. The van der Waals surface area contributed by atoms with Gasteiger partial charge in [0.05, 0.1) is 12.9 Å². The molecular formula is C28H26ClNO3. The van der Waals surface area contributed by atoms with E-state index in [9.17, 15) is 4.79 Å². The maximum absolute atomic E-state index is 12.8. The van der Waals surface area contributed by atoms with Gasteiger partial charge in [0.25, 0.3) is 0 Å². The number of nitrogens with one attached hydrogen (secondary N) is 1. The number of carbonyl (C=O) groups excluding carboxylic acids is 1. The van der Waals surface area contributed by atoms with E-state index in [-0.39, 0.29) is 5.91 Å². The van der Waals surface area contributed by atoms with Crippen LogP contribution in [0.5, 0.6) is 5.75 Å². The zero-order valence-electron chi connectivity index (χ0n) is 19.2. The first-order valence-electron chi connectivity index (χ1n) is 10.9. The van der Waals surface area contributed by atoms with Crippen molar-refractivity contribution in [2.45, 2.75) is 27.7 Å². The summed E-state index contributed by atoms with van der Waals surface area (Å²) in [6, 6.07) is 17.7. The Labute approximate surface area is 198 Å². The Morgan fingerprint density at radius 3 is 2.61 bits per heavy atom. The lowest BCUT2D eigenvalue weighted by Crippen LogP contribution is -2.10. The Bertz CT molecular complexity index is 1350. The molecule has 1 N–H and O–H groups in total. The van der Waals surface area contributed by atoms with Gasteiger partial charge in [-0.25, -0.2) is 0 Å². The van der Waals surface area contributed by atoms with E-state index < -0.39 is 0 Å². The van der Waals surface area contributed by atoms with Gasteiger partial charge in [-0.2, -0.15) is 0 Å². The number of furan rings is 1. The second kappa shape index (κ2) is 9.55. The summed E-state index contributed by atoms with van der Waals surface area (Å²) in [7, 11) is 0. The van der Waals surface area contributed by atoms with Crippen LogP contribution in [0.1, 0.15) is 30.5 Å². The van der Waals surface area contributed by atoms with Crippen molar-refractivity contribution in [3.63, 3.8) is 0 Å². The molecule has 0 saturated heterocycles. The number of rotatable bonds is 6. The molecule has 1 heterocycles. The summed E-state index contributed by atoms with van der Waals surface area (Å²) in [5, 5.41) is 4.50. The molecule has 0 saturated carbocycles. The minimum absolute atomic E-state index is 0.230. The van der Waals surface area contributed by atoms with E-state index >= 15 is 0 Å². The van der Waals surface area contributed by atoms with E-state index in [1.807, 2.05) is 45.0 Å². The minimum atomic E-state index is -0.230. The number of hydrogen-bond donors (Lipinski definition) is 1. The molecule has 4 aromatic rings. The van der Waals surface area contributed by atoms with Crippen molar-refractivity contribution >= 4 is 39.7 Å². The molecule has 0 atom stereocenters. The minimum Gasteiger partial charge on any atom is -0.493 e. The fraction of sp³-hybridized carbons (Fsp3) is 0.179. The van der Waals surface area contributed by atoms with Crippen LogP contribution < -0.4 is 10.1 Å². The van der Waals surface area contributed by atoms with Crippen molar-refractivity contribution in [1.29, 1.82) is 0 Å². The normalized spacial score (nSPS) is 11.6. The lowest BCUT2D eigenvalue weighted by atomic mass is 9.98. The molecule has 0 aliphatic heterocycles. The van der Waals surface area contributed by atoms with Crippen molar-refractivity contribution in [3.8, 4) is 16.9 Å². The number of benzene rings is 3. The van der Waals surface area contributed by atoms with Crippen molar-refractivity contribution in [2.75, 3.05) is 11.9 Å². The van der Waals surface area contributed by atoms with Crippen LogP contribution in [0.4, 0.5) is 5.69 Å². The lowest BCUT2D eigenvalue weighted by Gasteiger charge is -2.12. The van der Waals surface area contributed by atoms with Gasteiger partial charge in [-0.15, -0.1) is 0 Å². The third-order valence-electron chi connectivity index (χ3n) is 5.64. The number of halogens is 1. The summed E-state index contributed by atoms with van der Waals surface area (Å²) < 4.78 is 11.7. The molecule has 0 bridgehead atoms. The monoisotopic (exact) mass is 459 g/mol. The first-order valence-corrected chi connectivity index (χ1v) is 11.2. The van der Waals surface area contributed by atoms with Crippen molar-refractivity contribution in [3.05, 3.63) is 88.6 Å². The number of amides is 1. The lowest BCUT2D eigenvalue weighted by molar-refractivity contribution is -0.111. The van der Waals surface area contributed by atoms with Crippen LogP contribution in [0.25, 0.3) is 27.7 Å². The maximum atomic E-state index is 12.8. The Hall–Kier alpha value is -3.50. The molecule has 0 fully saturated rings. The molecule has 33 heavy (non-hydrogen) atoms. The summed E-state index contributed by atoms with van der Waals surface area (Å²) in [5.41, 5.74) is 7.16. The van der Waals surface area contributed by atoms with Gasteiger partial charge in [0, 0.05) is 39.4 Å². The molecule has 0 radical (unpaired) electrons. The molecule has 3 aromatic carbocycles. The number of fused-ring (bicyclic) bond motifs is 1. The van der Waals surface area contributed by atoms with E-state index in [1.54, 1.807) is 18.4 Å². The second-order valence-electron chi connectivity index (χ2n) is 8.02. The molecule has 168 valence electrons. The maximum Gasteiger partial charge on any atom is 0.248 e. The summed E-state index contributed by atoms with van der Waals surface area (Å²) >= 11 is 6.18. The molecule has 1 aromatic heterocycles. The van der Waals surface area contributed by atoms with E-state index in [0.29, 0.717) is 23.1 Å². The standard InChI is InChI=1S/C28H26ClNO3/c1-5-32-26-15-27-22(23(16-33-27)20-11-9-17(2)10-12-20)14-21(26)18(3)13-28(31)30-25-8-6-7-24(29)19(25)4/h6-16H,5H2,1-4H3,(H,30,31)/b18-13+. The zero-order valence-corrected chi connectivity index (χ0v) is 19.9. The number of allylic oxidation sites excluding steroid dienone is 1. The zero-order chi connectivity index (χ0) is 23.5. The highest BCUT2D eigenvalue weighted by molar-refractivity contribution is 6.31. The molecule has 4 nitrogen and oxygen atoms in total. The largest absolute Gasteiger partial charge is 0.493 e. The van der Waals surface area contributed by atoms with Gasteiger partial charge in [-0.1, -0.05) is 47.5 Å². The first kappa shape index (κ1) is 22.7. The van der Waals surface area contributed by atoms with Crippen LogP contribution in [-0.4, -0.2) is 12.5 Å². The number of ether oxygens (including phenoxy) is 1. The Morgan fingerprint density at radius 2 is 1.88 bits per heavy atom. The average molecular weight is 460 g/mol. The van der Waals surface area contributed by atoms with Gasteiger partial charge >= 0.3 is 0 Å². The van der Waals surface area contributed by atoms with Gasteiger partial charge in [0.1, 0.15) is 11.3 Å². The quantitative estimate of drug-likeness (QED) is 0.299. The van der Waals surface area contributed by atoms with Crippen LogP contribution in [0.3, 0.4) is 0 Å². The molecule has 0 unspecified atom stereocenters. The highest BCUT2D eigenvalue weighted by Gasteiger charge is 2.15. The third kappa shape index (κ3) is 4.81. The third-order valence-corrected chi connectivity index (χ3v) is 6.05. The Kier molecular flexibility index (Phi) is 6.57. The van der Waals surface area contributed by atoms with Gasteiger partial charge in [0.2, 0.25) is 5.91 Å². The summed E-state index contributed by atoms with van der Waals surface area (Å²) in [5.74, 6) is 0.446. The van der Waals surface area contributed by atoms with Crippen LogP contribution in [0.2, 0.25) is 5.02 Å². The Morgan fingerprint density at radius 1 is 1.12 bits per heavy atom. The molecule has 4 rings (SSSR count). The van der Waals surface area contributed by atoms with Crippen molar-refractivity contribution < 1.29 is 13.9 Å². The van der Waals surface area contributed by atoms with E-state index in [2.05, 4.69) is 36.5 Å². The molecule has 0 aliphatic carbocycles. The fourth-order valence-electron chi connectivity index (χ4n) is 3.78. The predicted octanol–water partition coefficient (Wildman–Crippen LogP) is 7.81. The van der Waals surface area contributed by atoms with Gasteiger partial charge in [0.15, 0.2) is 0 Å². The number of carbonyl (C=O) groups is 1. The van der Waals surface area contributed by atoms with E-state index in [4.69, 9.17) is 20.8 Å². The topological polar surface area (TPSA) is 51.5 Å². The molecule has 5 heteroatoms. The highest BCUT2D eigenvalue weighted by Crippen LogP contribution is 2.37. The van der Waals surface area contributed by atoms with E-state index in [1.165, 1.54) is 5.56 Å². The van der Waals surface area contributed by atoms with E-state index in [0.717, 1.165) is 38.8 Å². The summed E-state index contributed by atoms with van der Waals surface area (Å²) in [4.78, 5) is 12.8.